The summed E-state index contributed by atoms with van der Waals surface area (Å²) in [6, 6.07) is 3.99. The van der Waals surface area contributed by atoms with E-state index in [2.05, 4.69) is 42.7 Å². The SMILES string of the molecule is C=C(/N=C(\C=C/C)C(CCOC)C(=O)Nc1ccc(-c2cncc(OCC)n2)cn1)NNC1CC1. The Balaban J connectivity index is 1.72. The number of pyridine rings is 1. The summed E-state index contributed by atoms with van der Waals surface area (Å²) in [5.41, 5.74) is 8.13. The number of amides is 1. The van der Waals surface area contributed by atoms with Crippen LogP contribution < -0.4 is 20.9 Å². The van der Waals surface area contributed by atoms with Gasteiger partial charge in [-0.3, -0.25) is 9.78 Å². The Bertz CT molecular complexity index is 1050. The molecule has 10 heteroatoms. The predicted octanol–water partition coefficient (Wildman–Crippen LogP) is 3.27. The van der Waals surface area contributed by atoms with E-state index in [1.807, 2.05) is 32.1 Å². The molecule has 1 unspecified atom stereocenters. The molecule has 0 saturated heterocycles. The standard InChI is InChI=1S/C25H33N7O3/c1-5-7-21(28-17(3)31-32-19-9-10-19)20(12-13-34-4)25(33)30-23-11-8-18(14-27-23)22-15-26-16-24(29-22)35-6-2/h5,7-8,11,14-16,19-20,31-32H,3,6,9-10,12-13H2,1-2,4H3,(H,27,30,33)/b7-5-,28-21+. The molecular weight excluding hydrogens is 446 g/mol. The number of aromatic nitrogens is 3. The summed E-state index contributed by atoms with van der Waals surface area (Å²) in [4.78, 5) is 30.8. The van der Waals surface area contributed by atoms with Gasteiger partial charge in [-0.25, -0.2) is 20.4 Å². The lowest BCUT2D eigenvalue weighted by molar-refractivity contribution is -0.118. The van der Waals surface area contributed by atoms with Gasteiger partial charge in [0.25, 0.3) is 0 Å². The molecule has 1 fully saturated rings. The maximum absolute atomic E-state index is 13.2. The third kappa shape index (κ3) is 8.27. The molecule has 10 nitrogen and oxygen atoms in total. The molecule has 1 saturated carbocycles. The van der Waals surface area contributed by atoms with Gasteiger partial charge in [0.05, 0.1) is 36.3 Å². The van der Waals surface area contributed by atoms with Gasteiger partial charge in [-0.1, -0.05) is 12.7 Å². The van der Waals surface area contributed by atoms with E-state index in [4.69, 9.17) is 9.47 Å². The van der Waals surface area contributed by atoms with Gasteiger partial charge < -0.3 is 20.2 Å². The van der Waals surface area contributed by atoms with Crippen LogP contribution in [0.2, 0.25) is 0 Å². The smallest absolute Gasteiger partial charge is 0.234 e. The minimum atomic E-state index is -0.555. The van der Waals surface area contributed by atoms with Crippen LogP contribution in [0.1, 0.15) is 33.1 Å². The van der Waals surface area contributed by atoms with E-state index in [1.54, 1.807) is 31.8 Å². The lowest BCUT2D eigenvalue weighted by atomic mass is 9.97. The number of anilines is 1. The highest BCUT2D eigenvalue weighted by Crippen LogP contribution is 2.20. The molecule has 0 bridgehead atoms. The normalized spacial score (nSPS) is 14.5. The first-order valence-electron chi connectivity index (χ1n) is 11.7. The number of nitrogens with one attached hydrogen (secondary N) is 3. The molecule has 1 aliphatic carbocycles. The Morgan fingerprint density at radius 1 is 1.31 bits per heavy atom. The quantitative estimate of drug-likeness (QED) is 0.279. The van der Waals surface area contributed by atoms with Crippen LogP contribution in [0.5, 0.6) is 5.88 Å². The summed E-state index contributed by atoms with van der Waals surface area (Å²) < 4.78 is 10.6. The van der Waals surface area contributed by atoms with Gasteiger partial charge in [-0.2, -0.15) is 0 Å². The second kappa shape index (κ2) is 13.3. The fourth-order valence-electron chi connectivity index (χ4n) is 3.19. The van der Waals surface area contributed by atoms with Crippen molar-refractivity contribution < 1.29 is 14.3 Å². The van der Waals surface area contributed by atoms with Gasteiger partial charge in [-0.15, -0.1) is 0 Å². The van der Waals surface area contributed by atoms with Crippen molar-refractivity contribution in [2.75, 3.05) is 25.6 Å². The highest BCUT2D eigenvalue weighted by molar-refractivity contribution is 6.13. The number of methoxy groups -OCH3 is 1. The van der Waals surface area contributed by atoms with Gasteiger partial charge in [0.2, 0.25) is 11.8 Å². The zero-order valence-electron chi connectivity index (χ0n) is 20.5. The van der Waals surface area contributed by atoms with E-state index in [1.165, 1.54) is 0 Å². The summed E-state index contributed by atoms with van der Waals surface area (Å²) in [6.45, 7) is 8.62. The average Bonchev–Trinajstić information content (AvgIpc) is 3.69. The first-order valence-corrected chi connectivity index (χ1v) is 11.7. The van der Waals surface area contributed by atoms with Crippen molar-refractivity contribution in [2.45, 2.75) is 39.2 Å². The lowest BCUT2D eigenvalue weighted by Gasteiger charge is -2.18. The van der Waals surface area contributed by atoms with Gasteiger partial charge in [-0.05, 0) is 51.3 Å². The molecule has 2 aromatic heterocycles. The van der Waals surface area contributed by atoms with Gasteiger partial charge in [0, 0.05) is 31.5 Å². The highest BCUT2D eigenvalue weighted by atomic mass is 16.5. The largest absolute Gasteiger partial charge is 0.477 e. The Morgan fingerprint density at radius 2 is 2.14 bits per heavy atom. The number of hydrogen-bond donors (Lipinski definition) is 3. The second-order valence-corrected chi connectivity index (χ2v) is 7.96. The molecule has 0 aromatic carbocycles. The molecule has 35 heavy (non-hydrogen) atoms. The number of nitrogens with zero attached hydrogens (tertiary/aromatic N) is 4. The van der Waals surface area contributed by atoms with Crippen LogP contribution in [-0.2, 0) is 9.53 Å². The molecule has 0 radical (unpaired) electrons. The summed E-state index contributed by atoms with van der Waals surface area (Å²) >= 11 is 0. The van der Waals surface area contributed by atoms with E-state index >= 15 is 0 Å². The first-order chi connectivity index (χ1) is 17.0. The van der Waals surface area contributed by atoms with E-state index < -0.39 is 5.92 Å². The van der Waals surface area contributed by atoms with Crippen LogP contribution >= 0.6 is 0 Å². The maximum atomic E-state index is 13.2. The molecule has 186 valence electrons. The molecule has 1 aliphatic rings. The summed E-state index contributed by atoms with van der Waals surface area (Å²) in [5.74, 6) is 0.518. The zero-order chi connectivity index (χ0) is 25.0. The van der Waals surface area contributed by atoms with Crippen molar-refractivity contribution >= 4 is 17.4 Å². The van der Waals surface area contributed by atoms with Crippen molar-refractivity contribution in [1.82, 2.24) is 25.8 Å². The van der Waals surface area contributed by atoms with Crippen LogP contribution in [0.3, 0.4) is 0 Å². The van der Waals surface area contributed by atoms with Crippen LogP contribution in [0, 0.1) is 5.92 Å². The number of hydrazine groups is 1. The molecule has 0 aliphatic heterocycles. The van der Waals surface area contributed by atoms with Crippen LogP contribution in [0.15, 0.2) is 60.3 Å². The van der Waals surface area contributed by atoms with Gasteiger partial charge in [0.1, 0.15) is 11.6 Å². The van der Waals surface area contributed by atoms with E-state index in [9.17, 15) is 4.79 Å². The number of rotatable bonds is 14. The monoisotopic (exact) mass is 479 g/mol. The second-order valence-electron chi connectivity index (χ2n) is 7.96. The fraction of sp³-hybridized carbons (Fsp3) is 0.400. The number of ether oxygens (including phenoxy) is 2. The summed E-state index contributed by atoms with van der Waals surface area (Å²) in [6.07, 6.45) is 11.2. The van der Waals surface area contributed by atoms with Crippen molar-refractivity contribution in [2.24, 2.45) is 10.9 Å². The van der Waals surface area contributed by atoms with Crippen LogP contribution in [0.4, 0.5) is 5.82 Å². The fourth-order valence-corrected chi connectivity index (χ4v) is 3.19. The highest BCUT2D eigenvalue weighted by Gasteiger charge is 2.24. The lowest BCUT2D eigenvalue weighted by Crippen LogP contribution is -2.34. The van der Waals surface area contributed by atoms with Crippen LogP contribution in [-0.4, -0.2) is 52.9 Å². The molecule has 1 amide bonds. The Labute approximate surface area is 206 Å². The number of aliphatic imine (C=N–C) groups is 1. The molecule has 1 atom stereocenters. The molecule has 3 N–H and O–H groups in total. The molecular formula is C25H33N7O3. The Morgan fingerprint density at radius 3 is 2.80 bits per heavy atom. The maximum Gasteiger partial charge on any atom is 0.234 e. The number of allylic oxidation sites excluding steroid dienone is 2. The topological polar surface area (TPSA) is 123 Å². The Kier molecular flexibility index (Phi) is 9.88. The first kappa shape index (κ1) is 26.0. The summed E-state index contributed by atoms with van der Waals surface area (Å²) in [7, 11) is 1.60. The van der Waals surface area contributed by atoms with Crippen molar-refractivity contribution in [3.63, 3.8) is 0 Å². The zero-order valence-corrected chi connectivity index (χ0v) is 20.5. The summed E-state index contributed by atoms with van der Waals surface area (Å²) in [5, 5.41) is 2.89. The van der Waals surface area contributed by atoms with Crippen molar-refractivity contribution in [1.29, 1.82) is 0 Å². The van der Waals surface area contributed by atoms with E-state index in [0.29, 0.717) is 54.6 Å². The average molecular weight is 480 g/mol. The third-order valence-electron chi connectivity index (χ3n) is 5.10. The van der Waals surface area contributed by atoms with Crippen molar-refractivity contribution in [3.8, 4) is 17.1 Å². The Hall–Kier alpha value is -3.63. The minimum absolute atomic E-state index is 0.236. The van der Waals surface area contributed by atoms with E-state index in [0.717, 1.165) is 18.4 Å². The molecule has 2 aromatic rings. The van der Waals surface area contributed by atoms with Crippen LogP contribution in [0.25, 0.3) is 11.3 Å². The minimum Gasteiger partial charge on any atom is -0.477 e. The van der Waals surface area contributed by atoms with Crippen molar-refractivity contribution in [3.05, 3.63) is 55.3 Å². The number of carbonyl (C=O) groups excluding carboxylic acids is 1. The predicted molar refractivity (Wildman–Crippen MR) is 136 cm³/mol. The molecule has 2 heterocycles. The van der Waals surface area contributed by atoms with Gasteiger partial charge >= 0.3 is 0 Å². The molecule has 3 rings (SSSR count). The number of hydrogen-bond acceptors (Lipinski definition) is 9. The van der Waals surface area contributed by atoms with Gasteiger partial charge in [0.15, 0.2) is 0 Å². The third-order valence-corrected chi connectivity index (χ3v) is 5.10. The molecule has 0 spiro atoms. The van der Waals surface area contributed by atoms with E-state index in [-0.39, 0.29) is 5.91 Å². The number of carbonyl (C=O) groups is 1.